The minimum absolute atomic E-state index is 0.00262. The van der Waals surface area contributed by atoms with Gasteiger partial charge in [0.2, 0.25) is 0 Å². The van der Waals surface area contributed by atoms with Gasteiger partial charge in [-0.05, 0) is 30.2 Å². The van der Waals surface area contributed by atoms with E-state index in [4.69, 9.17) is 4.74 Å². The molecule has 0 saturated carbocycles. The first-order valence-electron chi connectivity index (χ1n) is 6.39. The van der Waals surface area contributed by atoms with E-state index in [1.54, 1.807) is 11.0 Å². The Morgan fingerprint density at radius 1 is 1.50 bits per heavy atom. The summed E-state index contributed by atoms with van der Waals surface area (Å²) in [6, 6.07) is 5.57. The highest BCUT2D eigenvalue weighted by atomic mass is 16.5. The third-order valence-corrected chi connectivity index (χ3v) is 3.85. The minimum atomic E-state index is -0.671. The number of likely N-dealkylation sites (tertiary alicyclic amines) is 1. The second kappa shape index (κ2) is 3.99. The van der Waals surface area contributed by atoms with E-state index >= 15 is 0 Å². The molecular weight excluding hydrogens is 230 g/mol. The first-order chi connectivity index (χ1) is 8.61. The van der Waals surface area contributed by atoms with E-state index in [2.05, 4.69) is 0 Å². The summed E-state index contributed by atoms with van der Waals surface area (Å²) in [7, 11) is 0. The van der Waals surface area contributed by atoms with Crippen molar-refractivity contribution in [1.82, 2.24) is 4.90 Å². The van der Waals surface area contributed by atoms with Gasteiger partial charge in [0.15, 0.2) is 0 Å². The van der Waals surface area contributed by atoms with E-state index in [1.165, 1.54) is 0 Å². The second-order valence-corrected chi connectivity index (χ2v) is 5.16. The van der Waals surface area contributed by atoms with Crippen LogP contribution in [-0.4, -0.2) is 41.2 Å². The number of rotatable bonds is 2. The van der Waals surface area contributed by atoms with Gasteiger partial charge in [-0.3, -0.25) is 4.79 Å². The molecule has 0 aromatic heterocycles. The SMILES string of the molecule is CCC1(O)CN(C(=O)c2ccc3c(c2)CCO3)C1. The number of β-amino-alcohol motifs (C(OH)–C–C–N with tert-alkyl or cyclic N) is 1. The number of fused-ring (bicyclic) bond motifs is 1. The Bertz CT molecular complexity index is 492. The zero-order valence-electron chi connectivity index (χ0n) is 10.5. The Hall–Kier alpha value is -1.55. The van der Waals surface area contributed by atoms with Crippen molar-refractivity contribution in [3.63, 3.8) is 0 Å². The lowest BCUT2D eigenvalue weighted by molar-refractivity contribution is -0.0826. The zero-order valence-corrected chi connectivity index (χ0v) is 10.5. The van der Waals surface area contributed by atoms with Gasteiger partial charge in [0.05, 0.1) is 25.3 Å². The molecule has 4 nitrogen and oxygen atoms in total. The van der Waals surface area contributed by atoms with Gasteiger partial charge in [-0.25, -0.2) is 0 Å². The molecule has 0 aliphatic carbocycles. The standard InChI is InChI=1S/C14H17NO3/c1-2-14(17)8-15(9-14)13(16)11-3-4-12-10(7-11)5-6-18-12/h3-4,7,17H,2,5-6,8-9H2,1H3. The van der Waals surface area contributed by atoms with E-state index in [0.29, 0.717) is 31.7 Å². The maximum atomic E-state index is 12.2. The predicted molar refractivity (Wildman–Crippen MR) is 66.8 cm³/mol. The van der Waals surface area contributed by atoms with Gasteiger partial charge in [-0.15, -0.1) is 0 Å². The second-order valence-electron chi connectivity index (χ2n) is 5.16. The summed E-state index contributed by atoms with van der Waals surface area (Å²) in [6.45, 7) is 3.52. The quantitative estimate of drug-likeness (QED) is 0.855. The molecule has 1 aromatic carbocycles. The molecule has 1 aromatic rings. The highest BCUT2D eigenvalue weighted by molar-refractivity contribution is 5.95. The van der Waals surface area contributed by atoms with Gasteiger partial charge < -0.3 is 14.7 Å². The molecule has 0 unspecified atom stereocenters. The van der Waals surface area contributed by atoms with Crippen LogP contribution in [-0.2, 0) is 6.42 Å². The number of hydrogen-bond acceptors (Lipinski definition) is 3. The molecular formula is C14H17NO3. The predicted octanol–water partition coefficient (Wildman–Crippen LogP) is 1.22. The van der Waals surface area contributed by atoms with Crippen molar-refractivity contribution < 1.29 is 14.6 Å². The number of ether oxygens (including phenoxy) is 1. The molecule has 2 aliphatic heterocycles. The summed E-state index contributed by atoms with van der Waals surface area (Å²) in [5, 5.41) is 9.93. The number of carbonyl (C=O) groups excluding carboxylic acids is 1. The van der Waals surface area contributed by atoms with Crippen molar-refractivity contribution in [1.29, 1.82) is 0 Å². The summed E-state index contributed by atoms with van der Waals surface area (Å²) in [5.74, 6) is 0.892. The molecule has 18 heavy (non-hydrogen) atoms. The number of amides is 1. The largest absolute Gasteiger partial charge is 0.493 e. The van der Waals surface area contributed by atoms with Crippen molar-refractivity contribution in [3.05, 3.63) is 29.3 Å². The molecule has 4 heteroatoms. The fourth-order valence-corrected chi connectivity index (χ4v) is 2.53. The van der Waals surface area contributed by atoms with Crippen LogP contribution in [0.5, 0.6) is 5.75 Å². The van der Waals surface area contributed by atoms with Crippen LogP contribution in [0, 0.1) is 0 Å². The smallest absolute Gasteiger partial charge is 0.254 e. The van der Waals surface area contributed by atoms with Gasteiger partial charge in [-0.2, -0.15) is 0 Å². The fraction of sp³-hybridized carbons (Fsp3) is 0.500. The van der Waals surface area contributed by atoms with Crippen molar-refractivity contribution in [3.8, 4) is 5.75 Å². The molecule has 1 N–H and O–H groups in total. The Morgan fingerprint density at radius 3 is 3.00 bits per heavy atom. The molecule has 1 fully saturated rings. The number of nitrogens with zero attached hydrogens (tertiary/aromatic N) is 1. The van der Waals surface area contributed by atoms with Crippen LogP contribution in [0.1, 0.15) is 29.3 Å². The molecule has 2 aliphatic rings. The Morgan fingerprint density at radius 2 is 2.28 bits per heavy atom. The number of hydrogen-bond donors (Lipinski definition) is 1. The Labute approximate surface area is 106 Å². The topological polar surface area (TPSA) is 49.8 Å². The number of carbonyl (C=O) groups is 1. The van der Waals surface area contributed by atoms with Gasteiger partial charge in [0.1, 0.15) is 5.75 Å². The van der Waals surface area contributed by atoms with E-state index in [9.17, 15) is 9.90 Å². The van der Waals surface area contributed by atoms with E-state index in [0.717, 1.165) is 17.7 Å². The molecule has 0 atom stereocenters. The molecule has 1 amide bonds. The van der Waals surface area contributed by atoms with Gasteiger partial charge in [0.25, 0.3) is 5.91 Å². The van der Waals surface area contributed by atoms with Crippen molar-refractivity contribution in [2.24, 2.45) is 0 Å². The van der Waals surface area contributed by atoms with Crippen LogP contribution >= 0.6 is 0 Å². The molecule has 1 saturated heterocycles. The maximum absolute atomic E-state index is 12.2. The van der Waals surface area contributed by atoms with E-state index < -0.39 is 5.60 Å². The number of benzene rings is 1. The average Bonchev–Trinajstić information content (AvgIpc) is 2.81. The normalized spacial score (nSPS) is 20.0. The average molecular weight is 247 g/mol. The van der Waals surface area contributed by atoms with Crippen LogP contribution in [0.3, 0.4) is 0 Å². The molecule has 0 bridgehead atoms. The maximum Gasteiger partial charge on any atom is 0.254 e. The molecule has 2 heterocycles. The lowest BCUT2D eigenvalue weighted by Crippen LogP contribution is -2.63. The lowest BCUT2D eigenvalue weighted by Gasteiger charge is -2.46. The lowest BCUT2D eigenvalue weighted by atomic mass is 9.90. The monoisotopic (exact) mass is 247 g/mol. The van der Waals surface area contributed by atoms with Gasteiger partial charge in [0, 0.05) is 12.0 Å². The van der Waals surface area contributed by atoms with Crippen LogP contribution in [0.4, 0.5) is 0 Å². The molecule has 0 radical (unpaired) electrons. The van der Waals surface area contributed by atoms with Crippen LogP contribution < -0.4 is 4.74 Å². The molecule has 0 spiro atoms. The third kappa shape index (κ3) is 1.77. The zero-order chi connectivity index (χ0) is 12.8. The molecule has 3 rings (SSSR count). The highest BCUT2D eigenvalue weighted by Crippen LogP contribution is 2.29. The van der Waals surface area contributed by atoms with Crippen LogP contribution in [0.2, 0.25) is 0 Å². The summed E-state index contributed by atoms with van der Waals surface area (Å²) in [5.41, 5.74) is 1.12. The van der Waals surface area contributed by atoms with Crippen molar-refractivity contribution in [2.45, 2.75) is 25.4 Å². The first-order valence-corrected chi connectivity index (χ1v) is 6.39. The summed E-state index contributed by atoms with van der Waals surface area (Å²) in [4.78, 5) is 13.9. The van der Waals surface area contributed by atoms with Gasteiger partial charge >= 0.3 is 0 Å². The highest BCUT2D eigenvalue weighted by Gasteiger charge is 2.42. The van der Waals surface area contributed by atoms with Crippen molar-refractivity contribution >= 4 is 5.91 Å². The van der Waals surface area contributed by atoms with E-state index in [-0.39, 0.29) is 5.91 Å². The Kier molecular flexibility index (Phi) is 2.55. The number of aliphatic hydroxyl groups is 1. The van der Waals surface area contributed by atoms with Gasteiger partial charge in [-0.1, -0.05) is 6.92 Å². The Balaban J connectivity index is 1.74. The molecule has 96 valence electrons. The fourth-order valence-electron chi connectivity index (χ4n) is 2.53. The summed E-state index contributed by atoms with van der Waals surface area (Å²) >= 11 is 0. The summed E-state index contributed by atoms with van der Waals surface area (Å²) < 4.78 is 5.42. The first kappa shape index (κ1) is 11.5. The van der Waals surface area contributed by atoms with Crippen LogP contribution in [0.25, 0.3) is 0 Å². The third-order valence-electron chi connectivity index (χ3n) is 3.85. The van der Waals surface area contributed by atoms with Crippen molar-refractivity contribution in [2.75, 3.05) is 19.7 Å². The van der Waals surface area contributed by atoms with E-state index in [1.807, 2.05) is 19.1 Å². The summed E-state index contributed by atoms with van der Waals surface area (Å²) in [6.07, 6.45) is 1.56. The van der Waals surface area contributed by atoms with Crippen LogP contribution in [0.15, 0.2) is 18.2 Å². The minimum Gasteiger partial charge on any atom is -0.493 e.